The van der Waals surface area contributed by atoms with Gasteiger partial charge in [0, 0.05) is 0 Å². The zero-order valence-electron chi connectivity index (χ0n) is 4.18. The molecule has 2 amide bonds. The third-order valence-corrected chi connectivity index (χ3v) is 0. The summed E-state index contributed by atoms with van der Waals surface area (Å²) in [5.74, 6) is 0. The molecule has 0 unspecified atom stereocenters. The first-order valence-corrected chi connectivity index (χ1v) is 3.66. The van der Waals surface area contributed by atoms with Crippen LogP contribution in [-0.4, -0.2) is 14.3 Å². The van der Waals surface area contributed by atoms with Crippen molar-refractivity contribution in [2.24, 2.45) is 11.5 Å². The normalized spacial score (nSPS) is 9.11. The zero-order chi connectivity index (χ0) is 8.08. The van der Waals surface area contributed by atoms with Gasteiger partial charge in [-0.25, -0.2) is 4.79 Å². The van der Waals surface area contributed by atoms with Crippen LogP contribution < -0.4 is 11.5 Å². The Bertz CT molecular complexity index is 157. The van der Waals surface area contributed by atoms with E-state index in [1.54, 1.807) is 0 Å². The van der Waals surface area contributed by atoms with Gasteiger partial charge < -0.3 is 11.5 Å². The monoisotopic (exact) mass is 178 g/mol. The SMILES string of the molecule is NC(N)=O.[O]=[Cr](=[O])([OH])[OH]. The van der Waals surface area contributed by atoms with Crippen molar-refractivity contribution in [1.82, 2.24) is 0 Å². The molecule has 0 aromatic carbocycles. The fraction of sp³-hybridized carbons (Fsp3) is 0. The summed E-state index contributed by atoms with van der Waals surface area (Å²) in [6.07, 6.45) is 0. The summed E-state index contributed by atoms with van der Waals surface area (Å²) in [6.45, 7) is 0. The van der Waals surface area contributed by atoms with E-state index in [1.807, 2.05) is 0 Å². The molecule has 7 nitrogen and oxygen atoms in total. The van der Waals surface area contributed by atoms with E-state index in [0.29, 0.717) is 0 Å². The first-order chi connectivity index (χ1) is 3.73. The van der Waals surface area contributed by atoms with E-state index in [4.69, 9.17) is 20.7 Å². The van der Waals surface area contributed by atoms with Gasteiger partial charge in [-0.1, -0.05) is 0 Å². The first-order valence-electron chi connectivity index (χ1n) is 1.48. The molecule has 0 bridgehead atoms. The Labute approximate surface area is 52.6 Å². The van der Waals surface area contributed by atoms with Gasteiger partial charge >= 0.3 is 35.6 Å². The average molecular weight is 178 g/mol. The molecule has 56 valence electrons. The predicted molar refractivity (Wildman–Crippen MR) is 19.6 cm³/mol. The molecule has 0 aliphatic heterocycles. The van der Waals surface area contributed by atoms with Crippen LogP contribution in [0.15, 0.2) is 0 Å². The van der Waals surface area contributed by atoms with Gasteiger partial charge in [0.25, 0.3) is 0 Å². The van der Waals surface area contributed by atoms with Gasteiger partial charge in [0.2, 0.25) is 0 Å². The molecule has 0 rings (SSSR count). The molecule has 0 atom stereocenters. The second kappa shape index (κ2) is 4.23. The topological polar surface area (TPSA) is 144 Å². The van der Waals surface area contributed by atoms with E-state index in [0.717, 1.165) is 0 Å². The van der Waals surface area contributed by atoms with Crippen molar-refractivity contribution in [2.45, 2.75) is 0 Å². The average Bonchev–Trinajstić information content (AvgIpc) is 1.19. The number of carbonyl (C=O) groups excluding carboxylic acids is 1. The molecule has 6 N–H and O–H groups in total. The predicted octanol–water partition coefficient (Wildman–Crippen LogP) is -2.33. The van der Waals surface area contributed by atoms with Crippen LogP contribution in [0.4, 0.5) is 4.79 Å². The van der Waals surface area contributed by atoms with Gasteiger partial charge in [-0.2, -0.15) is 0 Å². The van der Waals surface area contributed by atoms with Gasteiger partial charge in [0.15, 0.2) is 0 Å². The number of rotatable bonds is 0. The summed E-state index contributed by atoms with van der Waals surface area (Å²) in [5.41, 5.74) is 8.50. The number of hydrogen-bond acceptors (Lipinski definition) is 3. The summed E-state index contributed by atoms with van der Waals surface area (Å²) >= 11 is -5.25. The first kappa shape index (κ1) is 11.2. The van der Waals surface area contributed by atoms with Crippen LogP contribution in [0.2, 0.25) is 0 Å². The molecule has 0 aromatic rings. The van der Waals surface area contributed by atoms with Crippen LogP contribution in [-0.2, 0) is 21.2 Å². The fourth-order valence-corrected chi connectivity index (χ4v) is 0. The van der Waals surface area contributed by atoms with Gasteiger partial charge in [-0.3, -0.25) is 0 Å². The molecule has 0 fully saturated rings. The number of carbonyl (C=O) groups is 1. The summed E-state index contributed by atoms with van der Waals surface area (Å²) in [6, 6.07) is -0.833. The van der Waals surface area contributed by atoms with Gasteiger partial charge in [0.1, 0.15) is 0 Å². The second-order valence-electron chi connectivity index (χ2n) is 0.850. The van der Waals surface area contributed by atoms with Crippen LogP contribution in [0, 0.1) is 0 Å². The van der Waals surface area contributed by atoms with Crippen molar-refractivity contribution >= 4 is 6.03 Å². The fourth-order valence-electron chi connectivity index (χ4n) is 0. The van der Waals surface area contributed by atoms with Crippen molar-refractivity contribution in [3.05, 3.63) is 0 Å². The Balaban J connectivity index is 0. The summed E-state index contributed by atoms with van der Waals surface area (Å²) in [7, 11) is 0. The Morgan fingerprint density at radius 3 is 1.22 bits per heavy atom. The Morgan fingerprint density at radius 1 is 1.22 bits per heavy atom. The quantitative estimate of drug-likeness (QED) is 0.328. The van der Waals surface area contributed by atoms with Crippen LogP contribution in [0.25, 0.3) is 0 Å². The molecule has 0 aromatic heterocycles. The molecule has 0 saturated heterocycles. The molecule has 0 saturated carbocycles. The van der Waals surface area contributed by atoms with Crippen LogP contribution in [0.5, 0.6) is 0 Å². The van der Waals surface area contributed by atoms with Crippen LogP contribution in [0.3, 0.4) is 0 Å². The molecule has 8 heteroatoms. The third kappa shape index (κ3) is 452. The summed E-state index contributed by atoms with van der Waals surface area (Å²) in [5, 5.41) is 0. The molecule has 0 spiro atoms. The van der Waals surface area contributed by atoms with Crippen LogP contribution in [0.1, 0.15) is 0 Å². The van der Waals surface area contributed by atoms with E-state index < -0.39 is 19.6 Å². The van der Waals surface area contributed by atoms with E-state index in [1.165, 1.54) is 0 Å². The van der Waals surface area contributed by atoms with Crippen molar-refractivity contribution in [1.29, 1.82) is 0 Å². The second-order valence-corrected chi connectivity index (χ2v) is 2.25. The Hall–Kier alpha value is -0.678. The molecular formula is CH6CrN2O5. The minimum absolute atomic E-state index is 0.833. The maximum atomic E-state index is 9.00. The van der Waals surface area contributed by atoms with Crippen molar-refractivity contribution in [3.63, 3.8) is 0 Å². The molecular weight excluding hydrogens is 172 g/mol. The number of amides is 2. The zero-order valence-corrected chi connectivity index (χ0v) is 5.46. The Kier molecular flexibility index (Phi) is 5.24. The van der Waals surface area contributed by atoms with E-state index >= 15 is 0 Å². The number of primary amides is 2. The molecule has 9 heavy (non-hydrogen) atoms. The van der Waals surface area contributed by atoms with E-state index in [2.05, 4.69) is 11.5 Å². The Morgan fingerprint density at radius 2 is 1.22 bits per heavy atom. The third-order valence-electron chi connectivity index (χ3n) is 0. The van der Waals surface area contributed by atoms with Crippen LogP contribution >= 0.6 is 0 Å². The van der Waals surface area contributed by atoms with E-state index in [9.17, 15) is 0 Å². The minimum atomic E-state index is -5.25. The van der Waals surface area contributed by atoms with Gasteiger partial charge in [-0.15, -0.1) is 0 Å². The summed E-state index contributed by atoms with van der Waals surface area (Å²) in [4.78, 5) is 9.00. The number of urea groups is 1. The summed E-state index contributed by atoms with van der Waals surface area (Å²) < 4.78 is 31.9. The van der Waals surface area contributed by atoms with Crippen molar-refractivity contribution < 1.29 is 34.3 Å². The van der Waals surface area contributed by atoms with Crippen molar-refractivity contribution in [2.75, 3.05) is 0 Å². The standard InChI is InChI=1S/CH4N2O.Cr.2H2O.2O/c2-1(3)4;;;;;/h(H4,2,3,4);;2*1H2;;/q;+2;;;;/p-2. The van der Waals surface area contributed by atoms with Gasteiger partial charge in [-0.05, 0) is 0 Å². The molecule has 0 heterocycles. The molecule has 0 radical (unpaired) electrons. The molecule has 0 aliphatic carbocycles. The maximum absolute atomic E-state index is 9.00. The van der Waals surface area contributed by atoms with Crippen molar-refractivity contribution in [3.8, 4) is 0 Å². The molecule has 0 aliphatic rings. The number of hydrogen-bond donors (Lipinski definition) is 4. The van der Waals surface area contributed by atoms with E-state index in [-0.39, 0.29) is 0 Å². The number of nitrogens with two attached hydrogens (primary N) is 2. The van der Waals surface area contributed by atoms with Gasteiger partial charge in [0.05, 0.1) is 0 Å².